The Balaban J connectivity index is 4.25. The van der Waals surface area contributed by atoms with E-state index in [0.717, 1.165) is 70.6 Å². The summed E-state index contributed by atoms with van der Waals surface area (Å²) in [6, 6.07) is 0. The SMILES string of the molecule is CCC=CCC=CCC=CCC=CCCCCC(=O)O[C@H](COC(=O)CCCCCCCCCC=CCCCCCCCC)COP(=O)(O)OCCN. The molecule has 10 heteroatoms. The second-order valence-corrected chi connectivity index (χ2v) is 14.9. The molecular formula is C43H76NO8P. The largest absolute Gasteiger partial charge is 0.472 e. The highest BCUT2D eigenvalue weighted by molar-refractivity contribution is 7.47. The molecule has 0 bridgehead atoms. The van der Waals surface area contributed by atoms with E-state index in [9.17, 15) is 19.0 Å². The van der Waals surface area contributed by atoms with Gasteiger partial charge in [-0.05, 0) is 77.0 Å². The molecule has 0 aromatic carbocycles. The summed E-state index contributed by atoms with van der Waals surface area (Å²) >= 11 is 0. The minimum Gasteiger partial charge on any atom is -0.462 e. The van der Waals surface area contributed by atoms with Crippen LogP contribution in [0.3, 0.4) is 0 Å². The van der Waals surface area contributed by atoms with E-state index in [1.54, 1.807) is 0 Å². The summed E-state index contributed by atoms with van der Waals surface area (Å²) in [5.74, 6) is -0.886. The lowest BCUT2D eigenvalue weighted by Crippen LogP contribution is -2.29. The second kappa shape index (κ2) is 39.4. The van der Waals surface area contributed by atoms with Crippen LogP contribution in [-0.4, -0.2) is 49.3 Å². The van der Waals surface area contributed by atoms with Crippen molar-refractivity contribution in [1.29, 1.82) is 0 Å². The van der Waals surface area contributed by atoms with Gasteiger partial charge in [0.05, 0.1) is 13.2 Å². The van der Waals surface area contributed by atoms with Crippen molar-refractivity contribution in [3.63, 3.8) is 0 Å². The number of esters is 2. The smallest absolute Gasteiger partial charge is 0.462 e. The van der Waals surface area contributed by atoms with Gasteiger partial charge in [0.2, 0.25) is 0 Å². The van der Waals surface area contributed by atoms with Gasteiger partial charge in [-0.1, -0.05) is 139 Å². The quantitative estimate of drug-likeness (QED) is 0.0272. The van der Waals surface area contributed by atoms with Crippen molar-refractivity contribution >= 4 is 19.8 Å². The minimum atomic E-state index is -4.39. The van der Waals surface area contributed by atoms with E-state index in [2.05, 4.69) is 74.6 Å². The fourth-order valence-corrected chi connectivity index (χ4v) is 6.09. The third-order valence-corrected chi connectivity index (χ3v) is 9.37. The Bertz CT molecular complexity index is 1050. The van der Waals surface area contributed by atoms with Crippen LogP contribution >= 0.6 is 7.82 Å². The number of allylic oxidation sites excluding steroid dienone is 10. The normalized spacial score (nSPS) is 14.0. The summed E-state index contributed by atoms with van der Waals surface area (Å²) in [6.45, 7) is 3.55. The Morgan fingerprint density at radius 2 is 1.04 bits per heavy atom. The first-order valence-electron chi connectivity index (χ1n) is 20.8. The van der Waals surface area contributed by atoms with Gasteiger partial charge in [-0.25, -0.2) is 4.57 Å². The molecule has 306 valence electrons. The number of ether oxygens (including phenoxy) is 2. The van der Waals surface area contributed by atoms with Crippen molar-refractivity contribution in [3.8, 4) is 0 Å². The lowest BCUT2D eigenvalue weighted by Gasteiger charge is -2.19. The zero-order chi connectivity index (χ0) is 38.9. The Morgan fingerprint density at radius 1 is 0.585 bits per heavy atom. The van der Waals surface area contributed by atoms with Crippen LogP contribution in [0.25, 0.3) is 0 Å². The number of hydrogen-bond donors (Lipinski definition) is 2. The predicted molar refractivity (Wildman–Crippen MR) is 219 cm³/mol. The highest BCUT2D eigenvalue weighted by Crippen LogP contribution is 2.43. The van der Waals surface area contributed by atoms with Crippen molar-refractivity contribution in [2.45, 2.75) is 174 Å². The van der Waals surface area contributed by atoms with Crippen molar-refractivity contribution < 1.29 is 37.6 Å². The maximum absolute atomic E-state index is 12.5. The Kier molecular flexibility index (Phi) is 37.7. The molecule has 0 aliphatic carbocycles. The first-order chi connectivity index (χ1) is 25.8. The zero-order valence-electron chi connectivity index (χ0n) is 33.5. The highest BCUT2D eigenvalue weighted by atomic mass is 31.2. The Morgan fingerprint density at radius 3 is 1.60 bits per heavy atom. The topological polar surface area (TPSA) is 134 Å². The van der Waals surface area contributed by atoms with Gasteiger partial charge in [0.25, 0.3) is 0 Å². The molecule has 1 unspecified atom stereocenters. The summed E-state index contributed by atoms with van der Waals surface area (Å²) < 4.78 is 32.7. The molecule has 0 radical (unpaired) electrons. The van der Waals surface area contributed by atoms with Crippen LogP contribution < -0.4 is 5.73 Å². The van der Waals surface area contributed by atoms with E-state index in [-0.39, 0.29) is 32.6 Å². The van der Waals surface area contributed by atoms with Crippen LogP contribution in [0.4, 0.5) is 0 Å². The van der Waals surface area contributed by atoms with Crippen molar-refractivity contribution in [2.75, 3.05) is 26.4 Å². The van der Waals surface area contributed by atoms with Gasteiger partial charge >= 0.3 is 19.8 Å². The molecule has 0 rings (SSSR count). The van der Waals surface area contributed by atoms with Gasteiger partial charge in [-0.3, -0.25) is 18.6 Å². The molecule has 0 amide bonds. The van der Waals surface area contributed by atoms with E-state index >= 15 is 0 Å². The average molecular weight is 766 g/mol. The van der Waals surface area contributed by atoms with Crippen LogP contribution in [0.5, 0.6) is 0 Å². The lowest BCUT2D eigenvalue weighted by atomic mass is 10.1. The number of rotatable bonds is 38. The first kappa shape index (κ1) is 50.7. The van der Waals surface area contributed by atoms with Crippen molar-refractivity contribution in [1.82, 2.24) is 0 Å². The van der Waals surface area contributed by atoms with E-state index < -0.39 is 32.5 Å². The predicted octanol–water partition coefficient (Wildman–Crippen LogP) is 11.7. The molecule has 0 aliphatic heterocycles. The molecule has 0 spiro atoms. The van der Waals surface area contributed by atoms with Gasteiger partial charge in [0.15, 0.2) is 6.10 Å². The van der Waals surface area contributed by atoms with E-state index in [4.69, 9.17) is 24.3 Å². The molecule has 53 heavy (non-hydrogen) atoms. The maximum atomic E-state index is 12.5. The maximum Gasteiger partial charge on any atom is 0.472 e. The summed E-state index contributed by atoms with van der Waals surface area (Å²) in [4.78, 5) is 34.8. The van der Waals surface area contributed by atoms with Gasteiger partial charge in [0.1, 0.15) is 6.61 Å². The molecule has 0 aliphatic rings. The average Bonchev–Trinajstić information content (AvgIpc) is 3.14. The van der Waals surface area contributed by atoms with Gasteiger partial charge in [-0.2, -0.15) is 0 Å². The fraction of sp³-hybridized carbons (Fsp3) is 0.721. The number of unbranched alkanes of at least 4 members (excludes halogenated alkanes) is 15. The van der Waals surface area contributed by atoms with Crippen LogP contribution in [0, 0.1) is 0 Å². The van der Waals surface area contributed by atoms with Gasteiger partial charge in [-0.15, -0.1) is 0 Å². The molecule has 0 saturated heterocycles. The molecule has 0 saturated carbocycles. The molecule has 3 N–H and O–H groups in total. The number of phosphoric acid groups is 1. The monoisotopic (exact) mass is 766 g/mol. The van der Waals surface area contributed by atoms with Crippen LogP contribution in [0.1, 0.15) is 168 Å². The molecule has 0 heterocycles. The van der Waals surface area contributed by atoms with E-state index in [1.165, 1.54) is 64.2 Å². The summed E-state index contributed by atoms with van der Waals surface area (Å²) in [5, 5.41) is 0. The van der Waals surface area contributed by atoms with Crippen LogP contribution in [0.2, 0.25) is 0 Å². The summed E-state index contributed by atoms with van der Waals surface area (Å²) in [5.41, 5.74) is 5.34. The van der Waals surface area contributed by atoms with Crippen molar-refractivity contribution in [2.24, 2.45) is 5.73 Å². The van der Waals surface area contributed by atoms with Gasteiger partial charge < -0.3 is 20.1 Å². The molecule has 0 aromatic rings. The molecule has 2 atom stereocenters. The van der Waals surface area contributed by atoms with Crippen LogP contribution in [-0.2, 0) is 32.7 Å². The minimum absolute atomic E-state index is 0.0435. The van der Waals surface area contributed by atoms with E-state index in [0.29, 0.717) is 6.42 Å². The lowest BCUT2D eigenvalue weighted by molar-refractivity contribution is -0.161. The number of carbonyl (C=O) groups excluding carboxylic acids is 2. The number of nitrogens with two attached hydrogens (primary N) is 1. The molecule has 0 fully saturated rings. The number of phosphoric ester groups is 1. The standard InChI is InChI=1S/C43H76NO8P/c1-3-5-7-9-11-13-15-17-19-20-22-23-25-27-29-31-33-35-42(45)49-39-41(40-51-53(47,48)50-38-37-44)52-43(46)36-34-32-30-28-26-24-21-18-16-14-12-10-8-6-4-2/h6,8,12,14,17-19,21,26,28,41H,3-5,7,9-11,13,15-16,20,22-25,27,29-40,44H2,1-2H3,(H,47,48)/t41-/m1/s1. The highest BCUT2D eigenvalue weighted by Gasteiger charge is 2.25. The van der Waals surface area contributed by atoms with E-state index in [1.807, 2.05) is 0 Å². The Labute approximate surface area is 323 Å². The van der Waals surface area contributed by atoms with Crippen molar-refractivity contribution in [3.05, 3.63) is 60.8 Å². The second-order valence-electron chi connectivity index (χ2n) is 13.5. The molecule has 0 aromatic heterocycles. The summed E-state index contributed by atoms with van der Waals surface area (Å²) in [7, 11) is -4.39. The summed E-state index contributed by atoms with van der Waals surface area (Å²) in [6.07, 6.45) is 45.4. The number of carbonyl (C=O) groups is 2. The van der Waals surface area contributed by atoms with Crippen LogP contribution in [0.15, 0.2) is 60.8 Å². The molecule has 9 nitrogen and oxygen atoms in total. The third kappa shape index (κ3) is 39.2. The molecular weight excluding hydrogens is 689 g/mol. The fourth-order valence-electron chi connectivity index (χ4n) is 5.32. The Hall–Kier alpha value is -2.29. The third-order valence-electron chi connectivity index (χ3n) is 8.39. The number of hydrogen-bond acceptors (Lipinski definition) is 8. The zero-order valence-corrected chi connectivity index (χ0v) is 34.4. The van der Waals surface area contributed by atoms with Gasteiger partial charge in [0, 0.05) is 19.4 Å². The first-order valence-corrected chi connectivity index (χ1v) is 22.3.